The lowest BCUT2D eigenvalue weighted by Gasteiger charge is -2.28. The Balaban J connectivity index is 1.84. The van der Waals surface area contributed by atoms with Crippen LogP contribution in [0, 0.1) is 23.7 Å². The maximum atomic E-state index is 11.8. The van der Waals surface area contributed by atoms with Crippen molar-refractivity contribution < 1.29 is 4.79 Å². The highest BCUT2D eigenvalue weighted by Crippen LogP contribution is 2.48. The van der Waals surface area contributed by atoms with Gasteiger partial charge in [-0.05, 0) is 37.0 Å². The predicted molar refractivity (Wildman–Crippen MR) is 61.4 cm³/mol. The summed E-state index contributed by atoms with van der Waals surface area (Å²) in [6.07, 6.45) is 5.68. The van der Waals surface area contributed by atoms with Gasteiger partial charge in [-0.15, -0.1) is 0 Å². The quantitative estimate of drug-likeness (QED) is 0.699. The Morgan fingerprint density at radius 2 is 2.07 bits per heavy atom. The van der Waals surface area contributed by atoms with E-state index in [0.717, 1.165) is 24.3 Å². The maximum Gasteiger partial charge on any atom is 0.224 e. The first-order chi connectivity index (χ1) is 7.08. The highest BCUT2D eigenvalue weighted by Gasteiger charge is 2.40. The Hall–Kier alpha value is -0.530. The van der Waals surface area contributed by atoms with Gasteiger partial charge in [0.05, 0.1) is 0 Å². The van der Waals surface area contributed by atoms with Crippen LogP contribution in [0.2, 0.25) is 0 Å². The number of hydrogen-bond donors (Lipinski definition) is 0. The van der Waals surface area contributed by atoms with E-state index in [1.165, 1.54) is 25.7 Å². The van der Waals surface area contributed by atoms with Crippen LogP contribution in [0.4, 0.5) is 0 Å². The van der Waals surface area contributed by atoms with Crippen LogP contribution in [0.15, 0.2) is 0 Å². The van der Waals surface area contributed by atoms with Gasteiger partial charge in [-0.1, -0.05) is 20.3 Å². The number of amides is 1. The lowest BCUT2D eigenvalue weighted by atomic mass is 9.88. The molecule has 0 aromatic rings. The number of carbonyl (C=O) groups is 1. The van der Waals surface area contributed by atoms with Crippen molar-refractivity contribution in [3.63, 3.8) is 0 Å². The molecule has 2 aliphatic carbocycles. The lowest BCUT2D eigenvalue weighted by molar-refractivity contribution is -0.133. The van der Waals surface area contributed by atoms with Crippen LogP contribution in [0.5, 0.6) is 0 Å². The normalized spacial score (nSPS) is 33.7. The molecule has 0 aliphatic heterocycles. The van der Waals surface area contributed by atoms with E-state index in [-0.39, 0.29) is 5.92 Å². The Morgan fingerprint density at radius 1 is 1.33 bits per heavy atom. The van der Waals surface area contributed by atoms with Crippen molar-refractivity contribution in [3.05, 3.63) is 0 Å². The highest BCUT2D eigenvalue weighted by molar-refractivity contribution is 5.77. The minimum absolute atomic E-state index is 0.147. The van der Waals surface area contributed by atoms with E-state index in [4.69, 9.17) is 0 Å². The average Bonchev–Trinajstić information content (AvgIpc) is 2.77. The monoisotopic (exact) mass is 209 g/mol. The molecular formula is C13H23NO. The Morgan fingerprint density at radius 3 is 2.53 bits per heavy atom. The van der Waals surface area contributed by atoms with Gasteiger partial charge in [0.25, 0.3) is 0 Å². The van der Waals surface area contributed by atoms with E-state index in [1.807, 2.05) is 25.8 Å². The molecule has 3 unspecified atom stereocenters. The van der Waals surface area contributed by atoms with Crippen molar-refractivity contribution >= 4 is 5.91 Å². The number of carbonyl (C=O) groups excluding carboxylic acids is 1. The molecule has 2 fully saturated rings. The molecule has 2 heteroatoms. The fraction of sp³-hybridized carbons (Fsp3) is 0.923. The van der Waals surface area contributed by atoms with E-state index in [1.54, 1.807) is 0 Å². The van der Waals surface area contributed by atoms with Crippen LogP contribution >= 0.6 is 0 Å². The average molecular weight is 209 g/mol. The molecule has 0 heterocycles. The van der Waals surface area contributed by atoms with Crippen molar-refractivity contribution in [2.75, 3.05) is 13.6 Å². The topological polar surface area (TPSA) is 20.3 Å². The van der Waals surface area contributed by atoms with E-state index in [0.29, 0.717) is 5.91 Å². The van der Waals surface area contributed by atoms with Crippen LogP contribution in [-0.4, -0.2) is 24.4 Å². The number of nitrogens with zero attached hydrogens (tertiary/aromatic N) is 1. The second-order valence-corrected chi connectivity index (χ2v) is 5.81. The first kappa shape index (κ1) is 11.0. The van der Waals surface area contributed by atoms with Gasteiger partial charge in [-0.3, -0.25) is 4.79 Å². The zero-order chi connectivity index (χ0) is 11.0. The van der Waals surface area contributed by atoms with Crippen LogP contribution in [0.1, 0.15) is 39.5 Å². The summed E-state index contributed by atoms with van der Waals surface area (Å²) in [5.41, 5.74) is 0. The summed E-state index contributed by atoms with van der Waals surface area (Å²) >= 11 is 0. The van der Waals surface area contributed by atoms with E-state index < -0.39 is 0 Å². The summed E-state index contributed by atoms with van der Waals surface area (Å²) in [5, 5.41) is 0. The first-order valence-corrected chi connectivity index (χ1v) is 6.33. The van der Waals surface area contributed by atoms with Gasteiger partial charge in [0.2, 0.25) is 5.91 Å². The molecule has 3 atom stereocenters. The third-order valence-electron chi connectivity index (χ3n) is 4.26. The molecule has 0 radical (unpaired) electrons. The van der Waals surface area contributed by atoms with Gasteiger partial charge in [0, 0.05) is 19.5 Å². The Kier molecular flexibility index (Phi) is 3.03. The molecule has 2 rings (SSSR count). The molecule has 2 nitrogen and oxygen atoms in total. The SMILES string of the molecule is CC(C)C(=O)N(C)CC1CC2CCC1C2. The van der Waals surface area contributed by atoms with E-state index >= 15 is 0 Å². The summed E-state index contributed by atoms with van der Waals surface area (Å²) in [7, 11) is 1.97. The van der Waals surface area contributed by atoms with Crippen molar-refractivity contribution in [1.29, 1.82) is 0 Å². The second kappa shape index (κ2) is 4.15. The largest absolute Gasteiger partial charge is 0.345 e. The molecule has 15 heavy (non-hydrogen) atoms. The molecule has 1 amide bonds. The van der Waals surface area contributed by atoms with Gasteiger partial charge in [-0.2, -0.15) is 0 Å². The van der Waals surface area contributed by atoms with E-state index in [2.05, 4.69) is 0 Å². The van der Waals surface area contributed by atoms with Crippen molar-refractivity contribution in [2.45, 2.75) is 39.5 Å². The van der Waals surface area contributed by atoms with E-state index in [9.17, 15) is 4.79 Å². The number of fused-ring (bicyclic) bond motifs is 2. The molecule has 2 aliphatic rings. The van der Waals surface area contributed by atoms with Crippen LogP contribution in [0.25, 0.3) is 0 Å². The Bertz CT molecular complexity index is 249. The van der Waals surface area contributed by atoms with Gasteiger partial charge in [0.1, 0.15) is 0 Å². The summed E-state index contributed by atoms with van der Waals surface area (Å²) < 4.78 is 0. The van der Waals surface area contributed by atoms with Crippen LogP contribution in [-0.2, 0) is 4.79 Å². The zero-order valence-electron chi connectivity index (χ0n) is 10.2. The molecular weight excluding hydrogens is 186 g/mol. The molecule has 2 bridgehead atoms. The summed E-state index contributed by atoms with van der Waals surface area (Å²) in [6, 6.07) is 0. The van der Waals surface area contributed by atoms with Crippen LogP contribution < -0.4 is 0 Å². The lowest BCUT2D eigenvalue weighted by Crippen LogP contribution is -2.36. The first-order valence-electron chi connectivity index (χ1n) is 6.33. The molecule has 0 aromatic heterocycles. The minimum Gasteiger partial charge on any atom is -0.345 e. The minimum atomic E-state index is 0.147. The molecule has 0 N–H and O–H groups in total. The van der Waals surface area contributed by atoms with Gasteiger partial charge >= 0.3 is 0 Å². The van der Waals surface area contributed by atoms with Gasteiger partial charge in [-0.25, -0.2) is 0 Å². The summed E-state index contributed by atoms with van der Waals surface area (Å²) in [5.74, 6) is 3.17. The van der Waals surface area contributed by atoms with Crippen molar-refractivity contribution in [1.82, 2.24) is 4.90 Å². The smallest absolute Gasteiger partial charge is 0.224 e. The molecule has 0 spiro atoms. The fourth-order valence-corrected chi connectivity index (χ4v) is 3.48. The van der Waals surface area contributed by atoms with Crippen LogP contribution in [0.3, 0.4) is 0 Å². The standard InChI is InChI=1S/C13H23NO/c1-9(2)13(15)14(3)8-12-7-10-4-5-11(12)6-10/h9-12H,4-8H2,1-3H3. The summed E-state index contributed by atoms with van der Waals surface area (Å²) in [4.78, 5) is 13.7. The molecule has 0 saturated heterocycles. The fourth-order valence-electron chi connectivity index (χ4n) is 3.48. The van der Waals surface area contributed by atoms with Gasteiger partial charge < -0.3 is 4.90 Å². The number of rotatable bonds is 3. The third-order valence-corrected chi connectivity index (χ3v) is 4.26. The molecule has 0 aromatic carbocycles. The Labute approximate surface area is 93.0 Å². The zero-order valence-corrected chi connectivity index (χ0v) is 10.2. The maximum absolute atomic E-state index is 11.8. The third kappa shape index (κ3) is 2.19. The predicted octanol–water partition coefficient (Wildman–Crippen LogP) is 2.54. The number of hydrogen-bond acceptors (Lipinski definition) is 1. The van der Waals surface area contributed by atoms with Crippen molar-refractivity contribution in [3.8, 4) is 0 Å². The van der Waals surface area contributed by atoms with Gasteiger partial charge in [0.15, 0.2) is 0 Å². The summed E-state index contributed by atoms with van der Waals surface area (Å²) in [6.45, 7) is 4.97. The second-order valence-electron chi connectivity index (χ2n) is 5.81. The molecule has 2 saturated carbocycles. The molecule has 86 valence electrons. The highest BCUT2D eigenvalue weighted by atomic mass is 16.2. The van der Waals surface area contributed by atoms with Crippen molar-refractivity contribution in [2.24, 2.45) is 23.7 Å².